The van der Waals surface area contributed by atoms with Crippen molar-refractivity contribution in [2.75, 3.05) is 7.11 Å². The topological polar surface area (TPSA) is 25.0 Å². The summed E-state index contributed by atoms with van der Waals surface area (Å²) in [5.74, 6) is 0.515. The summed E-state index contributed by atoms with van der Waals surface area (Å²) in [6.07, 6.45) is 0. The molecule has 0 amide bonds. The second-order valence-electron chi connectivity index (χ2n) is 5.64. The molecule has 118 valence electrons. The Morgan fingerprint density at radius 1 is 0.833 bits per heavy atom. The zero-order valence-corrected chi connectivity index (χ0v) is 13.2. The first-order valence-corrected chi connectivity index (χ1v) is 7.78. The van der Waals surface area contributed by atoms with Crippen molar-refractivity contribution in [3.8, 4) is 28.1 Å². The van der Waals surface area contributed by atoms with Crippen LogP contribution in [0.25, 0.3) is 33.3 Å². The molecule has 1 aromatic heterocycles. The predicted octanol–water partition coefficient (Wildman–Crippen LogP) is 5.65. The van der Waals surface area contributed by atoms with Crippen molar-refractivity contribution < 1.29 is 9.13 Å². The summed E-state index contributed by atoms with van der Waals surface area (Å²) < 4.78 is 19.9. The van der Waals surface area contributed by atoms with Gasteiger partial charge in [0.25, 0.3) is 0 Å². The molecule has 0 radical (unpaired) electrons. The van der Waals surface area contributed by atoms with Gasteiger partial charge in [-0.15, -0.1) is 0 Å². The van der Waals surface area contributed by atoms with E-state index < -0.39 is 0 Å². The second-order valence-corrected chi connectivity index (χ2v) is 5.64. The highest BCUT2D eigenvalue weighted by Gasteiger charge is 2.18. The fourth-order valence-electron chi connectivity index (χ4n) is 3.09. The maximum Gasteiger partial charge on any atom is 0.133 e. The summed E-state index contributed by atoms with van der Waals surface area (Å²) in [4.78, 5) is 3.38. The first-order chi connectivity index (χ1) is 11.8. The highest BCUT2D eigenvalue weighted by Crippen LogP contribution is 2.40. The molecular weight excluding hydrogens is 301 g/mol. The Hall–Kier alpha value is -3.07. The fourth-order valence-corrected chi connectivity index (χ4v) is 3.09. The molecule has 2 nitrogen and oxygen atoms in total. The fraction of sp³-hybridized carbons (Fsp3) is 0.0476. The quantitative estimate of drug-likeness (QED) is 0.519. The minimum absolute atomic E-state index is 0.233. The molecular formula is C21H16FNO. The SMILES string of the molecule is COc1cccc(-c2c(-c3ccccc3)[nH]c3cccc(F)c23)c1. The molecule has 0 bridgehead atoms. The van der Waals surface area contributed by atoms with E-state index in [1.165, 1.54) is 6.07 Å². The summed E-state index contributed by atoms with van der Waals surface area (Å²) in [5.41, 5.74) is 4.49. The van der Waals surface area contributed by atoms with Gasteiger partial charge in [0.05, 0.1) is 12.8 Å². The molecule has 0 spiro atoms. The molecule has 0 aliphatic carbocycles. The van der Waals surface area contributed by atoms with Crippen LogP contribution in [0.15, 0.2) is 72.8 Å². The molecule has 0 aliphatic rings. The van der Waals surface area contributed by atoms with Gasteiger partial charge in [-0.2, -0.15) is 0 Å². The Kier molecular flexibility index (Phi) is 3.54. The van der Waals surface area contributed by atoms with E-state index in [2.05, 4.69) is 4.98 Å². The Labute approximate surface area is 139 Å². The summed E-state index contributed by atoms with van der Waals surface area (Å²) in [7, 11) is 1.63. The number of benzene rings is 3. The lowest BCUT2D eigenvalue weighted by Crippen LogP contribution is -1.86. The zero-order chi connectivity index (χ0) is 16.5. The number of methoxy groups -OCH3 is 1. The van der Waals surface area contributed by atoms with Gasteiger partial charge in [0.15, 0.2) is 0 Å². The van der Waals surface area contributed by atoms with E-state index in [9.17, 15) is 4.39 Å². The smallest absolute Gasteiger partial charge is 0.133 e. The summed E-state index contributed by atoms with van der Waals surface area (Å²) in [6, 6.07) is 22.8. The first kappa shape index (κ1) is 14.5. The van der Waals surface area contributed by atoms with Gasteiger partial charge in [-0.3, -0.25) is 0 Å². The number of rotatable bonds is 3. The third kappa shape index (κ3) is 2.35. The van der Waals surface area contributed by atoms with Crippen LogP contribution in [0.3, 0.4) is 0 Å². The van der Waals surface area contributed by atoms with Crippen LogP contribution in [-0.2, 0) is 0 Å². The van der Waals surface area contributed by atoms with Crippen LogP contribution in [0.5, 0.6) is 5.75 Å². The first-order valence-electron chi connectivity index (χ1n) is 7.78. The summed E-state index contributed by atoms with van der Waals surface area (Å²) in [6.45, 7) is 0. The van der Waals surface area contributed by atoms with Gasteiger partial charge in [0.2, 0.25) is 0 Å². The van der Waals surface area contributed by atoms with Crippen molar-refractivity contribution in [3.05, 3.63) is 78.6 Å². The number of fused-ring (bicyclic) bond motifs is 1. The third-order valence-electron chi connectivity index (χ3n) is 4.19. The Morgan fingerprint density at radius 3 is 2.38 bits per heavy atom. The number of nitrogens with one attached hydrogen (secondary N) is 1. The number of hydrogen-bond donors (Lipinski definition) is 1. The van der Waals surface area contributed by atoms with Gasteiger partial charge >= 0.3 is 0 Å². The van der Waals surface area contributed by atoms with Crippen LogP contribution in [0, 0.1) is 5.82 Å². The summed E-state index contributed by atoms with van der Waals surface area (Å²) >= 11 is 0. The molecule has 3 aromatic carbocycles. The van der Waals surface area contributed by atoms with E-state index in [4.69, 9.17) is 4.74 Å². The number of aromatic nitrogens is 1. The Bertz CT molecular complexity index is 1000. The molecule has 0 unspecified atom stereocenters. The molecule has 3 heteroatoms. The molecule has 1 N–H and O–H groups in total. The second kappa shape index (κ2) is 5.85. The zero-order valence-electron chi connectivity index (χ0n) is 13.2. The minimum Gasteiger partial charge on any atom is -0.497 e. The van der Waals surface area contributed by atoms with E-state index in [-0.39, 0.29) is 5.82 Å². The molecule has 0 atom stereocenters. The lowest BCUT2D eigenvalue weighted by molar-refractivity contribution is 0.415. The van der Waals surface area contributed by atoms with Crippen LogP contribution >= 0.6 is 0 Å². The van der Waals surface area contributed by atoms with Gasteiger partial charge < -0.3 is 9.72 Å². The Balaban J connectivity index is 2.08. The van der Waals surface area contributed by atoms with Crippen LogP contribution in [-0.4, -0.2) is 12.1 Å². The number of hydrogen-bond acceptors (Lipinski definition) is 1. The number of aromatic amines is 1. The van der Waals surface area contributed by atoms with Crippen molar-refractivity contribution in [1.29, 1.82) is 0 Å². The highest BCUT2D eigenvalue weighted by atomic mass is 19.1. The molecule has 24 heavy (non-hydrogen) atoms. The lowest BCUT2D eigenvalue weighted by atomic mass is 9.98. The van der Waals surface area contributed by atoms with E-state index >= 15 is 0 Å². The summed E-state index contributed by atoms with van der Waals surface area (Å²) in [5, 5.41) is 0.601. The van der Waals surface area contributed by atoms with Crippen molar-refractivity contribution in [2.24, 2.45) is 0 Å². The number of ether oxygens (including phenoxy) is 1. The number of H-pyrrole nitrogens is 1. The van der Waals surface area contributed by atoms with Gasteiger partial charge in [0, 0.05) is 16.5 Å². The van der Waals surface area contributed by atoms with Crippen LogP contribution in [0.4, 0.5) is 4.39 Å². The van der Waals surface area contributed by atoms with Crippen molar-refractivity contribution in [2.45, 2.75) is 0 Å². The largest absolute Gasteiger partial charge is 0.497 e. The minimum atomic E-state index is -0.233. The van der Waals surface area contributed by atoms with E-state index in [0.29, 0.717) is 5.39 Å². The van der Waals surface area contributed by atoms with E-state index in [1.807, 2.05) is 60.7 Å². The van der Waals surface area contributed by atoms with Gasteiger partial charge in [0.1, 0.15) is 11.6 Å². The van der Waals surface area contributed by atoms with E-state index in [1.54, 1.807) is 13.2 Å². The van der Waals surface area contributed by atoms with Crippen molar-refractivity contribution in [3.63, 3.8) is 0 Å². The molecule has 0 saturated heterocycles. The van der Waals surface area contributed by atoms with Crippen LogP contribution < -0.4 is 4.74 Å². The normalized spacial score (nSPS) is 10.9. The number of halogens is 1. The molecule has 4 rings (SSSR count). The van der Waals surface area contributed by atoms with Gasteiger partial charge in [-0.05, 0) is 35.4 Å². The van der Waals surface area contributed by atoms with Crippen molar-refractivity contribution >= 4 is 10.9 Å². The van der Waals surface area contributed by atoms with E-state index in [0.717, 1.165) is 33.7 Å². The Morgan fingerprint density at radius 2 is 1.58 bits per heavy atom. The maximum atomic E-state index is 14.6. The molecule has 4 aromatic rings. The molecule has 0 fully saturated rings. The predicted molar refractivity (Wildman–Crippen MR) is 95.7 cm³/mol. The monoisotopic (exact) mass is 317 g/mol. The molecule has 0 aliphatic heterocycles. The van der Waals surface area contributed by atoms with Crippen LogP contribution in [0.2, 0.25) is 0 Å². The maximum absolute atomic E-state index is 14.6. The standard InChI is InChI=1S/C21H16FNO/c1-24-16-10-5-9-15(13-16)19-20-17(22)11-6-12-18(20)23-21(19)14-7-3-2-4-8-14/h2-13,23H,1H3. The van der Waals surface area contributed by atoms with Gasteiger partial charge in [-0.1, -0.05) is 48.5 Å². The average molecular weight is 317 g/mol. The van der Waals surface area contributed by atoms with Crippen molar-refractivity contribution in [1.82, 2.24) is 4.98 Å². The molecule has 1 heterocycles. The van der Waals surface area contributed by atoms with Gasteiger partial charge in [-0.25, -0.2) is 4.39 Å². The lowest BCUT2D eigenvalue weighted by Gasteiger charge is -2.08. The highest BCUT2D eigenvalue weighted by molar-refractivity contribution is 6.04. The average Bonchev–Trinajstić information content (AvgIpc) is 3.03. The van der Waals surface area contributed by atoms with Crippen LogP contribution in [0.1, 0.15) is 0 Å². The third-order valence-corrected chi connectivity index (χ3v) is 4.19. The molecule has 0 saturated carbocycles.